The van der Waals surface area contributed by atoms with E-state index in [0.29, 0.717) is 42.6 Å². The van der Waals surface area contributed by atoms with E-state index in [4.69, 9.17) is 10.5 Å². The molecule has 4 aromatic rings. The number of benzene rings is 2. The van der Waals surface area contributed by atoms with Gasteiger partial charge in [-0.25, -0.2) is 9.48 Å². The second-order valence-electron chi connectivity index (χ2n) is 9.16. The van der Waals surface area contributed by atoms with E-state index in [1.807, 2.05) is 43.3 Å². The minimum Gasteiger partial charge on any atom is -0.496 e. The number of hydrogen-bond acceptors (Lipinski definition) is 5. The number of methoxy groups -OCH3 is 1. The molecular formula is C26H28N6O4. The fourth-order valence-corrected chi connectivity index (χ4v) is 5.01. The number of H-pyrrole nitrogens is 1. The molecule has 36 heavy (non-hydrogen) atoms. The summed E-state index contributed by atoms with van der Waals surface area (Å²) in [7, 11) is 1.61. The number of anilines is 1. The van der Waals surface area contributed by atoms with Gasteiger partial charge in [-0.2, -0.15) is 5.10 Å². The highest BCUT2D eigenvalue weighted by molar-refractivity contribution is 5.93. The van der Waals surface area contributed by atoms with Gasteiger partial charge in [-0.15, -0.1) is 0 Å². The van der Waals surface area contributed by atoms with Gasteiger partial charge in [0.05, 0.1) is 23.8 Å². The molecule has 4 N–H and O–H groups in total. The van der Waals surface area contributed by atoms with Crippen LogP contribution in [0.1, 0.15) is 47.8 Å². The van der Waals surface area contributed by atoms with Gasteiger partial charge in [0.2, 0.25) is 5.91 Å². The highest BCUT2D eigenvalue weighted by Gasteiger charge is 2.29. The van der Waals surface area contributed by atoms with Crippen molar-refractivity contribution in [2.45, 2.75) is 38.6 Å². The number of nitrogens with one attached hydrogen (secondary N) is 2. The van der Waals surface area contributed by atoms with Gasteiger partial charge < -0.3 is 20.8 Å². The second-order valence-corrected chi connectivity index (χ2v) is 9.16. The van der Waals surface area contributed by atoms with Crippen molar-refractivity contribution in [2.24, 2.45) is 11.7 Å². The standard InChI is InChI=1S/C26H28N6O4/c1-15-6-9-17(14-22(15)36-2)28-25(34)16-7-10-18(11-8-16)32-21-5-3-4-20(23(21)29-26(32)35)31-13-12-19(30-31)24(27)33/h3-6,9,12-14,16,18H,7-8,10-11H2,1-2H3,(H2,27,33)(H,28,34)(H,29,35)/t16-,18+. The molecule has 1 aliphatic carbocycles. The van der Waals surface area contributed by atoms with E-state index in [0.717, 1.165) is 16.8 Å². The minimum atomic E-state index is -0.616. The van der Waals surface area contributed by atoms with Crippen LogP contribution in [0.25, 0.3) is 16.7 Å². The first-order valence-corrected chi connectivity index (χ1v) is 11.9. The van der Waals surface area contributed by atoms with Gasteiger partial charge in [0, 0.05) is 29.9 Å². The summed E-state index contributed by atoms with van der Waals surface area (Å²) >= 11 is 0. The van der Waals surface area contributed by atoms with Crippen molar-refractivity contribution >= 4 is 28.5 Å². The molecule has 5 rings (SSSR count). The zero-order valence-electron chi connectivity index (χ0n) is 20.2. The third-order valence-corrected chi connectivity index (χ3v) is 6.93. The molecule has 186 valence electrons. The maximum atomic E-state index is 13.0. The first-order valence-electron chi connectivity index (χ1n) is 11.9. The lowest BCUT2D eigenvalue weighted by Gasteiger charge is -2.28. The number of carbonyl (C=O) groups is 2. The van der Waals surface area contributed by atoms with E-state index in [9.17, 15) is 14.4 Å². The number of nitrogens with two attached hydrogens (primary N) is 1. The van der Waals surface area contributed by atoms with Crippen LogP contribution in [0, 0.1) is 12.8 Å². The Morgan fingerprint density at radius 1 is 1.14 bits per heavy atom. The molecule has 0 radical (unpaired) electrons. The van der Waals surface area contributed by atoms with Crippen LogP contribution in [-0.4, -0.2) is 38.3 Å². The van der Waals surface area contributed by atoms with Gasteiger partial charge in [-0.1, -0.05) is 12.1 Å². The number of ether oxygens (including phenoxy) is 1. The number of carbonyl (C=O) groups excluding carboxylic acids is 2. The summed E-state index contributed by atoms with van der Waals surface area (Å²) in [5.41, 5.74) is 9.02. The van der Waals surface area contributed by atoms with E-state index in [1.165, 1.54) is 10.7 Å². The number of aromatic nitrogens is 4. The number of imidazole rings is 1. The molecule has 1 fully saturated rings. The smallest absolute Gasteiger partial charge is 0.326 e. The first kappa shape index (κ1) is 23.4. The Balaban J connectivity index is 1.33. The van der Waals surface area contributed by atoms with Crippen LogP contribution in [0.15, 0.2) is 53.5 Å². The van der Waals surface area contributed by atoms with Crippen LogP contribution in [0.3, 0.4) is 0 Å². The normalized spacial score (nSPS) is 17.7. The molecule has 2 heterocycles. The Kier molecular flexibility index (Phi) is 6.09. The molecular weight excluding hydrogens is 460 g/mol. The summed E-state index contributed by atoms with van der Waals surface area (Å²) in [6.07, 6.45) is 4.41. The van der Waals surface area contributed by atoms with E-state index >= 15 is 0 Å². The lowest BCUT2D eigenvalue weighted by Crippen LogP contribution is -2.31. The molecule has 0 saturated heterocycles. The number of aromatic amines is 1. The molecule has 1 saturated carbocycles. The van der Waals surface area contributed by atoms with Gasteiger partial charge in [-0.05, 0) is 62.4 Å². The minimum absolute atomic E-state index is 0.0168. The van der Waals surface area contributed by atoms with Crippen molar-refractivity contribution in [3.63, 3.8) is 0 Å². The van der Waals surface area contributed by atoms with E-state index in [2.05, 4.69) is 15.4 Å². The Morgan fingerprint density at radius 2 is 1.92 bits per heavy atom. The van der Waals surface area contributed by atoms with Crippen LogP contribution in [0.5, 0.6) is 5.75 Å². The lowest BCUT2D eigenvalue weighted by atomic mass is 9.85. The topological polar surface area (TPSA) is 137 Å². The lowest BCUT2D eigenvalue weighted by molar-refractivity contribution is -0.121. The number of amides is 2. The number of rotatable bonds is 6. The van der Waals surface area contributed by atoms with Gasteiger partial charge in [0.1, 0.15) is 11.4 Å². The molecule has 1 aliphatic rings. The second kappa shape index (κ2) is 9.37. The van der Waals surface area contributed by atoms with Crippen LogP contribution < -0.4 is 21.5 Å². The Morgan fingerprint density at radius 3 is 2.61 bits per heavy atom. The van der Waals surface area contributed by atoms with Gasteiger partial charge in [-0.3, -0.25) is 14.2 Å². The predicted molar refractivity (Wildman–Crippen MR) is 136 cm³/mol. The zero-order valence-corrected chi connectivity index (χ0v) is 20.2. The summed E-state index contributed by atoms with van der Waals surface area (Å²) in [4.78, 5) is 40.3. The number of fused-ring (bicyclic) bond motifs is 1. The monoisotopic (exact) mass is 488 g/mol. The average Bonchev–Trinajstić information content (AvgIpc) is 3.49. The third kappa shape index (κ3) is 4.26. The molecule has 0 atom stereocenters. The molecule has 0 spiro atoms. The quantitative estimate of drug-likeness (QED) is 0.382. The highest BCUT2D eigenvalue weighted by Crippen LogP contribution is 2.34. The Bertz CT molecular complexity index is 1510. The molecule has 0 bridgehead atoms. The van der Waals surface area contributed by atoms with Crippen LogP contribution in [-0.2, 0) is 4.79 Å². The van der Waals surface area contributed by atoms with Crippen LogP contribution in [0.4, 0.5) is 5.69 Å². The third-order valence-electron chi connectivity index (χ3n) is 6.93. The number of primary amides is 1. The van der Waals surface area contributed by atoms with E-state index < -0.39 is 5.91 Å². The van der Waals surface area contributed by atoms with Gasteiger partial charge in [0.25, 0.3) is 5.91 Å². The first-order chi connectivity index (χ1) is 17.4. The fraction of sp³-hybridized carbons (Fsp3) is 0.308. The number of aryl methyl sites for hydroxylation is 1. The summed E-state index contributed by atoms with van der Waals surface area (Å²) < 4.78 is 8.66. The van der Waals surface area contributed by atoms with E-state index in [1.54, 1.807) is 17.9 Å². The van der Waals surface area contributed by atoms with Crippen molar-refractivity contribution in [3.8, 4) is 11.4 Å². The molecule has 10 nitrogen and oxygen atoms in total. The number of hydrogen-bond donors (Lipinski definition) is 3. The largest absolute Gasteiger partial charge is 0.496 e. The van der Waals surface area contributed by atoms with Crippen molar-refractivity contribution in [1.29, 1.82) is 0 Å². The predicted octanol–water partition coefficient (Wildman–Crippen LogP) is 3.30. The van der Waals surface area contributed by atoms with Crippen molar-refractivity contribution < 1.29 is 14.3 Å². The van der Waals surface area contributed by atoms with Crippen molar-refractivity contribution in [2.75, 3.05) is 12.4 Å². The molecule has 0 unspecified atom stereocenters. The highest BCUT2D eigenvalue weighted by atomic mass is 16.5. The summed E-state index contributed by atoms with van der Waals surface area (Å²) in [6, 6.07) is 12.7. The Labute approximate surface area is 207 Å². The molecule has 2 aromatic carbocycles. The van der Waals surface area contributed by atoms with Crippen LogP contribution >= 0.6 is 0 Å². The molecule has 2 amide bonds. The molecule has 2 aromatic heterocycles. The average molecular weight is 489 g/mol. The maximum absolute atomic E-state index is 13.0. The number of nitrogens with zero attached hydrogens (tertiary/aromatic N) is 3. The van der Waals surface area contributed by atoms with Crippen LogP contribution in [0.2, 0.25) is 0 Å². The SMILES string of the molecule is COc1cc(NC(=O)[C@H]2CC[C@@H](n3c(=O)[nH]c4c(-n5ccc(C(N)=O)n5)cccc43)CC2)ccc1C. The van der Waals surface area contributed by atoms with E-state index in [-0.39, 0.29) is 29.3 Å². The summed E-state index contributed by atoms with van der Waals surface area (Å²) in [5, 5.41) is 7.22. The van der Waals surface area contributed by atoms with Gasteiger partial charge in [0.15, 0.2) is 0 Å². The zero-order chi connectivity index (χ0) is 25.4. The van der Waals surface area contributed by atoms with Crippen molar-refractivity contribution in [3.05, 3.63) is 70.4 Å². The summed E-state index contributed by atoms with van der Waals surface area (Å²) in [6.45, 7) is 1.95. The summed E-state index contributed by atoms with van der Waals surface area (Å²) in [5.74, 6) is -0.0250. The number of para-hydroxylation sites is 1. The molecule has 0 aliphatic heterocycles. The van der Waals surface area contributed by atoms with Crippen molar-refractivity contribution in [1.82, 2.24) is 19.3 Å². The fourth-order valence-electron chi connectivity index (χ4n) is 5.01. The Hall–Kier alpha value is -4.34. The van der Waals surface area contributed by atoms with Gasteiger partial charge >= 0.3 is 5.69 Å². The molecule has 10 heteroatoms. The maximum Gasteiger partial charge on any atom is 0.326 e.